The zero-order valence-electron chi connectivity index (χ0n) is 19.1. The van der Waals surface area contributed by atoms with E-state index in [1.807, 2.05) is 25.1 Å². The van der Waals surface area contributed by atoms with Gasteiger partial charge < -0.3 is 14.2 Å². The van der Waals surface area contributed by atoms with Crippen LogP contribution in [0.4, 0.5) is 8.78 Å². The number of nitrogens with zero attached hydrogens (tertiary/aromatic N) is 3. The predicted octanol–water partition coefficient (Wildman–Crippen LogP) is 5.46. The Kier molecular flexibility index (Phi) is 6.60. The van der Waals surface area contributed by atoms with E-state index in [0.29, 0.717) is 22.0 Å². The Morgan fingerprint density at radius 2 is 2.00 bits per heavy atom. The number of methoxy groups -OCH3 is 1. The normalized spacial score (nSPS) is 17.5. The molecule has 10 heteroatoms. The van der Waals surface area contributed by atoms with Crippen molar-refractivity contribution < 1.29 is 27.8 Å². The number of esters is 1. The topological polar surface area (TPSA) is 75.5 Å². The molecule has 4 rings (SSSR count). The minimum Gasteiger partial charge on any atom is -0.496 e. The number of alkyl halides is 2. The zero-order valence-corrected chi connectivity index (χ0v) is 19.9. The fraction of sp³-hybridized carbons (Fsp3) is 0.375. The van der Waals surface area contributed by atoms with E-state index >= 15 is 0 Å². The second kappa shape index (κ2) is 9.31. The monoisotopic (exact) mass is 491 g/mol. The third kappa shape index (κ3) is 4.37. The van der Waals surface area contributed by atoms with Crippen molar-refractivity contribution in [2.75, 3.05) is 13.7 Å². The van der Waals surface area contributed by atoms with E-state index in [2.05, 4.69) is 10.2 Å². The average Bonchev–Trinajstić information content (AvgIpc) is 3.18. The van der Waals surface area contributed by atoms with E-state index in [-0.39, 0.29) is 18.9 Å². The third-order valence-corrected chi connectivity index (χ3v) is 5.90. The van der Waals surface area contributed by atoms with Crippen LogP contribution in [0.15, 0.2) is 36.4 Å². The van der Waals surface area contributed by atoms with Crippen LogP contribution in [0.3, 0.4) is 0 Å². The SMILES string of the molecule is CCOC(=O)C[C@@H]1O[C@@H](c2cccc(OC)c2C)c2cc(Cl)ccc2-n2c1nnc2C(C)(F)F. The molecule has 0 unspecified atom stereocenters. The Morgan fingerprint density at radius 1 is 1.24 bits per heavy atom. The smallest absolute Gasteiger partial charge is 0.308 e. The van der Waals surface area contributed by atoms with Gasteiger partial charge in [0.25, 0.3) is 0 Å². The lowest BCUT2D eigenvalue weighted by atomic mass is 9.95. The van der Waals surface area contributed by atoms with Gasteiger partial charge in [-0.05, 0) is 49.2 Å². The first-order valence-electron chi connectivity index (χ1n) is 10.7. The molecule has 0 N–H and O–H groups in total. The Hall–Kier alpha value is -3.04. The van der Waals surface area contributed by atoms with Gasteiger partial charge in [-0.2, -0.15) is 8.78 Å². The van der Waals surface area contributed by atoms with Gasteiger partial charge in [0.05, 0.1) is 25.8 Å². The number of hydrogen-bond donors (Lipinski definition) is 0. The molecule has 180 valence electrons. The second-order valence-electron chi connectivity index (χ2n) is 8.00. The van der Waals surface area contributed by atoms with Crippen molar-refractivity contribution in [1.29, 1.82) is 0 Å². The highest BCUT2D eigenvalue weighted by Gasteiger charge is 2.40. The Balaban J connectivity index is 1.98. The van der Waals surface area contributed by atoms with Gasteiger partial charge in [-0.3, -0.25) is 9.36 Å². The van der Waals surface area contributed by atoms with E-state index < -0.39 is 29.9 Å². The molecule has 2 aromatic carbocycles. The molecule has 0 amide bonds. The highest BCUT2D eigenvalue weighted by atomic mass is 35.5. The van der Waals surface area contributed by atoms with Crippen molar-refractivity contribution in [2.45, 2.75) is 45.3 Å². The standard InChI is InChI=1S/C24H24ClF2N3O4/c1-5-33-20(31)12-19-22-28-29-23(24(3,26)27)30(22)17-10-9-14(25)11-16(17)21(34-19)15-7-6-8-18(32-4)13(15)2/h6-11,19,21H,5,12H2,1-4H3/t19-,21-/m0/s1. The highest BCUT2D eigenvalue weighted by Crippen LogP contribution is 2.45. The zero-order chi connectivity index (χ0) is 24.6. The maximum absolute atomic E-state index is 14.6. The van der Waals surface area contributed by atoms with E-state index in [9.17, 15) is 13.6 Å². The largest absolute Gasteiger partial charge is 0.496 e. The van der Waals surface area contributed by atoms with Crippen molar-refractivity contribution in [2.24, 2.45) is 0 Å². The van der Waals surface area contributed by atoms with Gasteiger partial charge in [0.2, 0.25) is 5.82 Å². The van der Waals surface area contributed by atoms with Gasteiger partial charge in [-0.25, -0.2) is 0 Å². The summed E-state index contributed by atoms with van der Waals surface area (Å²) in [6.07, 6.45) is -2.00. The van der Waals surface area contributed by atoms with E-state index in [0.717, 1.165) is 18.1 Å². The average molecular weight is 492 g/mol. The molecule has 2 atom stereocenters. The van der Waals surface area contributed by atoms with Gasteiger partial charge in [0.15, 0.2) is 5.82 Å². The van der Waals surface area contributed by atoms with Gasteiger partial charge in [-0.1, -0.05) is 23.7 Å². The van der Waals surface area contributed by atoms with Crippen LogP contribution in [-0.4, -0.2) is 34.5 Å². The number of benzene rings is 2. The van der Waals surface area contributed by atoms with E-state index in [4.69, 9.17) is 25.8 Å². The van der Waals surface area contributed by atoms with Crippen molar-refractivity contribution >= 4 is 17.6 Å². The van der Waals surface area contributed by atoms with Crippen molar-refractivity contribution in [3.8, 4) is 11.4 Å². The van der Waals surface area contributed by atoms with Crippen LogP contribution in [0.25, 0.3) is 5.69 Å². The Bertz CT molecular complexity index is 1230. The van der Waals surface area contributed by atoms with Crippen molar-refractivity contribution in [3.63, 3.8) is 0 Å². The molecule has 3 aromatic rings. The molecule has 0 spiro atoms. The molecule has 0 bridgehead atoms. The minimum atomic E-state index is -3.30. The van der Waals surface area contributed by atoms with Crippen LogP contribution >= 0.6 is 11.6 Å². The molecule has 7 nitrogen and oxygen atoms in total. The lowest BCUT2D eigenvalue weighted by Gasteiger charge is -2.24. The molecule has 34 heavy (non-hydrogen) atoms. The number of halogens is 3. The summed E-state index contributed by atoms with van der Waals surface area (Å²) in [5.74, 6) is -3.70. The minimum absolute atomic E-state index is 0.0798. The summed E-state index contributed by atoms with van der Waals surface area (Å²) in [4.78, 5) is 12.4. The Morgan fingerprint density at radius 3 is 2.68 bits per heavy atom. The molecular formula is C24H24ClF2N3O4. The lowest BCUT2D eigenvalue weighted by molar-refractivity contribution is -0.147. The molecule has 1 aliphatic rings. The fourth-order valence-electron chi connectivity index (χ4n) is 4.15. The molecule has 0 saturated heterocycles. The summed E-state index contributed by atoms with van der Waals surface area (Å²) in [5, 5.41) is 8.18. The van der Waals surface area contributed by atoms with Crippen LogP contribution in [0.1, 0.15) is 60.8 Å². The molecule has 2 heterocycles. The number of aromatic nitrogens is 3. The summed E-state index contributed by atoms with van der Waals surface area (Å²) >= 11 is 6.33. The predicted molar refractivity (Wildman–Crippen MR) is 121 cm³/mol. The summed E-state index contributed by atoms with van der Waals surface area (Å²) in [5.41, 5.74) is 2.45. The number of fused-ring (bicyclic) bond motifs is 3. The highest BCUT2D eigenvalue weighted by molar-refractivity contribution is 6.30. The first kappa shape index (κ1) is 24.1. The quantitative estimate of drug-likeness (QED) is 0.426. The van der Waals surface area contributed by atoms with E-state index in [1.54, 1.807) is 32.2 Å². The number of rotatable bonds is 6. The van der Waals surface area contributed by atoms with Crippen LogP contribution in [0, 0.1) is 6.92 Å². The van der Waals surface area contributed by atoms with Crippen molar-refractivity contribution in [1.82, 2.24) is 14.8 Å². The van der Waals surface area contributed by atoms with Crippen LogP contribution in [0.2, 0.25) is 5.02 Å². The van der Waals surface area contributed by atoms with Gasteiger partial charge in [0.1, 0.15) is 18.0 Å². The number of hydrogen-bond acceptors (Lipinski definition) is 6. The third-order valence-electron chi connectivity index (χ3n) is 5.67. The molecule has 1 aromatic heterocycles. The first-order chi connectivity index (χ1) is 16.2. The summed E-state index contributed by atoms with van der Waals surface area (Å²) in [6, 6.07) is 10.4. The summed E-state index contributed by atoms with van der Waals surface area (Å²) in [7, 11) is 1.56. The molecular weight excluding hydrogens is 468 g/mol. The molecule has 1 aliphatic heterocycles. The molecule has 0 saturated carbocycles. The second-order valence-corrected chi connectivity index (χ2v) is 8.43. The van der Waals surface area contributed by atoms with Crippen LogP contribution < -0.4 is 4.74 Å². The fourth-order valence-corrected chi connectivity index (χ4v) is 4.33. The molecule has 0 aliphatic carbocycles. The van der Waals surface area contributed by atoms with Crippen molar-refractivity contribution in [3.05, 3.63) is 69.8 Å². The summed E-state index contributed by atoms with van der Waals surface area (Å²) < 4.78 is 47.4. The first-order valence-corrected chi connectivity index (χ1v) is 11.1. The molecule has 0 radical (unpaired) electrons. The van der Waals surface area contributed by atoms with E-state index in [1.165, 1.54) is 4.57 Å². The maximum Gasteiger partial charge on any atom is 0.308 e. The van der Waals surface area contributed by atoms with Gasteiger partial charge in [-0.15, -0.1) is 10.2 Å². The van der Waals surface area contributed by atoms with Crippen LogP contribution in [-0.2, 0) is 20.2 Å². The Labute approximate surface area is 200 Å². The maximum atomic E-state index is 14.6. The number of carbonyl (C=O) groups excluding carboxylic acids is 1. The molecule has 0 fully saturated rings. The van der Waals surface area contributed by atoms with Crippen LogP contribution in [0.5, 0.6) is 5.75 Å². The number of carbonyl (C=O) groups is 1. The number of ether oxygens (including phenoxy) is 3. The van der Waals surface area contributed by atoms with Gasteiger partial charge >= 0.3 is 11.9 Å². The van der Waals surface area contributed by atoms with Gasteiger partial charge in [0, 0.05) is 17.5 Å². The lowest BCUT2D eigenvalue weighted by Crippen LogP contribution is -2.19. The summed E-state index contributed by atoms with van der Waals surface area (Å²) in [6.45, 7) is 4.48.